The van der Waals surface area contributed by atoms with Gasteiger partial charge in [0, 0.05) is 0 Å². The standard InChI is InChI=1S/C9H11FO4S/c10-15(13,14)6-9(12)5-7-1-3-8(11)4-2-7/h1-4,9,11-12H,5-6H2. The minimum atomic E-state index is -4.65. The predicted octanol–water partition coefficient (Wildman–Crippen LogP) is 0.595. The molecule has 1 aromatic carbocycles. The maximum absolute atomic E-state index is 12.2. The maximum atomic E-state index is 12.2. The van der Waals surface area contributed by atoms with Crippen molar-refractivity contribution in [3.63, 3.8) is 0 Å². The van der Waals surface area contributed by atoms with Crippen molar-refractivity contribution in [1.29, 1.82) is 0 Å². The zero-order valence-corrected chi connectivity index (χ0v) is 8.61. The summed E-state index contributed by atoms with van der Waals surface area (Å²) in [5.41, 5.74) is 0.629. The van der Waals surface area contributed by atoms with Crippen LogP contribution in [0.3, 0.4) is 0 Å². The fourth-order valence-electron chi connectivity index (χ4n) is 1.19. The summed E-state index contributed by atoms with van der Waals surface area (Å²) in [4.78, 5) is 0. The maximum Gasteiger partial charge on any atom is 0.304 e. The molecule has 0 spiro atoms. The van der Waals surface area contributed by atoms with Gasteiger partial charge in [0.15, 0.2) is 0 Å². The van der Waals surface area contributed by atoms with Gasteiger partial charge in [0.05, 0.1) is 6.10 Å². The lowest BCUT2D eigenvalue weighted by Gasteiger charge is -2.07. The van der Waals surface area contributed by atoms with E-state index in [0.29, 0.717) is 5.56 Å². The van der Waals surface area contributed by atoms with Crippen molar-refractivity contribution in [2.75, 3.05) is 5.75 Å². The van der Waals surface area contributed by atoms with Crippen LogP contribution in [0.15, 0.2) is 24.3 Å². The highest BCUT2D eigenvalue weighted by atomic mass is 32.3. The number of benzene rings is 1. The average molecular weight is 234 g/mol. The second-order valence-electron chi connectivity index (χ2n) is 3.23. The number of aliphatic hydroxyl groups excluding tert-OH is 1. The molecular weight excluding hydrogens is 223 g/mol. The van der Waals surface area contributed by atoms with Gasteiger partial charge in [0.25, 0.3) is 0 Å². The first-order valence-corrected chi connectivity index (χ1v) is 5.80. The predicted molar refractivity (Wildman–Crippen MR) is 52.7 cm³/mol. The topological polar surface area (TPSA) is 74.6 Å². The number of hydrogen-bond donors (Lipinski definition) is 2. The molecule has 0 saturated carbocycles. The number of aromatic hydroxyl groups is 1. The quantitative estimate of drug-likeness (QED) is 0.748. The molecule has 0 aromatic heterocycles. The van der Waals surface area contributed by atoms with E-state index in [1.807, 2.05) is 0 Å². The second kappa shape index (κ2) is 4.59. The summed E-state index contributed by atoms with van der Waals surface area (Å²) in [6.07, 6.45) is -1.24. The number of halogens is 1. The third-order valence-corrected chi connectivity index (χ3v) is 2.58. The molecule has 1 rings (SSSR count). The van der Waals surface area contributed by atoms with Crippen molar-refractivity contribution in [2.24, 2.45) is 0 Å². The summed E-state index contributed by atoms with van der Waals surface area (Å²) < 4.78 is 32.6. The Bertz CT molecular complexity index is 412. The molecule has 0 aliphatic carbocycles. The van der Waals surface area contributed by atoms with Crippen molar-refractivity contribution in [2.45, 2.75) is 12.5 Å². The number of phenolic OH excluding ortho intramolecular Hbond substituents is 1. The summed E-state index contributed by atoms with van der Waals surface area (Å²) in [5, 5.41) is 18.2. The van der Waals surface area contributed by atoms with Crippen LogP contribution in [0.1, 0.15) is 5.56 Å². The van der Waals surface area contributed by atoms with Crippen LogP contribution in [0.5, 0.6) is 5.75 Å². The first kappa shape index (κ1) is 11.9. The molecule has 0 bridgehead atoms. The van der Waals surface area contributed by atoms with E-state index >= 15 is 0 Å². The van der Waals surface area contributed by atoms with Gasteiger partial charge >= 0.3 is 10.2 Å². The molecule has 1 aromatic rings. The number of aliphatic hydroxyl groups is 1. The van der Waals surface area contributed by atoms with Crippen molar-refractivity contribution in [1.82, 2.24) is 0 Å². The number of hydrogen-bond acceptors (Lipinski definition) is 4. The highest BCUT2D eigenvalue weighted by Crippen LogP contribution is 2.12. The average Bonchev–Trinajstić information content (AvgIpc) is 2.05. The highest BCUT2D eigenvalue weighted by molar-refractivity contribution is 7.86. The molecule has 0 aliphatic rings. The summed E-state index contributed by atoms with van der Waals surface area (Å²) >= 11 is 0. The first-order chi connectivity index (χ1) is 6.87. The Hall–Kier alpha value is -1.14. The van der Waals surface area contributed by atoms with Gasteiger partial charge in [0.1, 0.15) is 11.5 Å². The van der Waals surface area contributed by atoms with Crippen molar-refractivity contribution >= 4 is 10.2 Å². The summed E-state index contributed by atoms with van der Waals surface area (Å²) in [7, 11) is -4.65. The Morgan fingerprint density at radius 1 is 1.27 bits per heavy atom. The lowest BCUT2D eigenvalue weighted by Crippen LogP contribution is -2.20. The van der Waals surface area contributed by atoms with Crippen LogP contribution < -0.4 is 0 Å². The van der Waals surface area contributed by atoms with Gasteiger partial charge in [-0.15, -0.1) is 3.89 Å². The molecule has 1 atom stereocenters. The molecule has 0 amide bonds. The normalized spacial score (nSPS) is 13.7. The SMILES string of the molecule is O=S(=O)(F)CC(O)Cc1ccc(O)cc1. The van der Waals surface area contributed by atoms with Crippen LogP contribution in [0, 0.1) is 0 Å². The lowest BCUT2D eigenvalue weighted by molar-refractivity contribution is 0.196. The minimum absolute atomic E-state index is 0.0312. The summed E-state index contributed by atoms with van der Waals surface area (Å²) in [6.45, 7) is 0. The molecule has 4 nitrogen and oxygen atoms in total. The fraction of sp³-hybridized carbons (Fsp3) is 0.333. The molecule has 15 heavy (non-hydrogen) atoms. The monoisotopic (exact) mass is 234 g/mol. The molecule has 0 saturated heterocycles. The third-order valence-electron chi connectivity index (χ3n) is 1.80. The van der Waals surface area contributed by atoms with Crippen LogP contribution >= 0.6 is 0 Å². The smallest absolute Gasteiger partial charge is 0.304 e. The van der Waals surface area contributed by atoms with E-state index in [1.165, 1.54) is 24.3 Å². The van der Waals surface area contributed by atoms with E-state index < -0.39 is 22.1 Å². The third kappa shape index (κ3) is 4.75. The minimum Gasteiger partial charge on any atom is -0.508 e. The van der Waals surface area contributed by atoms with E-state index in [9.17, 15) is 17.4 Å². The Labute approximate surface area is 87.2 Å². The van der Waals surface area contributed by atoms with Crippen LogP contribution in [-0.4, -0.2) is 30.5 Å². The fourth-order valence-corrected chi connectivity index (χ4v) is 1.77. The first-order valence-electron chi connectivity index (χ1n) is 4.25. The second-order valence-corrected chi connectivity index (χ2v) is 4.64. The molecule has 0 aliphatic heterocycles. The van der Waals surface area contributed by atoms with E-state index in [-0.39, 0.29) is 12.2 Å². The molecule has 84 valence electrons. The summed E-state index contributed by atoms with van der Waals surface area (Å²) in [5.74, 6) is -0.834. The van der Waals surface area contributed by atoms with Crippen LogP contribution in [-0.2, 0) is 16.6 Å². The van der Waals surface area contributed by atoms with Gasteiger partial charge < -0.3 is 10.2 Å². The number of rotatable bonds is 4. The van der Waals surface area contributed by atoms with Gasteiger partial charge in [-0.1, -0.05) is 12.1 Å². The van der Waals surface area contributed by atoms with Crippen molar-refractivity contribution < 1.29 is 22.5 Å². The largest absolute Gasteiger partial charge is 0.508 e. The van der Waals surface area contributed by atoms with Gasteiger partial charge in [-0.3, -0.25) is 0 Å². The Morgan fingerprint density at radius 2 is 1.80 bits per heavy atom. The van der Waals surface area contributed by atoms with Gasteiger partial charge in [0.2, 0.25) is 0 Å². The van der Waals surface area contributed by atoms with Crippen LogP contribution in [0.2, 0.25) is 0 Å². The molecule has 0 fully saturated rings. The molecule has 2 N–H and O–H groups in total. The Kier molecular flexibility index (Phi) is 3.65. The van der Waals surface area contributed by atoms with E-state index in [2.05, 4.69) is 0 Å². The van der Waals surface area contributed by atoms with E-state index in [1.54, 1.807) is 0 Å². The molecule has 6 heteroatoms. The lowest BCUT2D eigenvalue weighted by atomic mass is 10.1. The van der Waals surface area contributed by atoms with Crippen molar-refractivity contribution in [3.05, 3.63) is 29.8 Å². The van der Waals surface area contributed by atoms with Gasteiger partial charge in [-0.2, -0.15) is 8.42 Å². The van der Waals surface area contributed by atoms with E-state index in [4.69, 9.17) is 5.11 Å². The summed E-state index contributed by atoms with van der Waals surface area (Å²) in [6, 6.07) is 5.88. The molecule has 0 heterocycles. The van der Waals surface area contributed by atoms with E-state index in [0.717, 1.165) is 0 Å². The molecule has 0 radical (unpaired) electrons. The zero-order valence-electron chi connectivity index (χ0n) is 7.80. The van der Waals surface area contributed by atoms with Crippen molar-refractivity contribution in [3.8, 4) is 5.75 Å². The molecular formula is C9H11FO4S. The highest BCUT2D eigenvalue weighted by Gasteiger charge is 2.15. The Balaban J connectivity index is 2.59. The van der Waals surface area contributed by atoms with Gasteiger partial charge in [-0.05, 0) is 24.1 Å². The number of phenols is 1. The Morgan fingerprint density at radius 3 is 2.27 bits per heavy atom. The van der Waals surface area contributed by atoms with Crippen LogP contribution in [0.4, 0.5) is 3.89 Å². The van der Waals surface area contributed by atoms with Crippen LogP contribution in [0.25, 0.3) is 0 Å². The van der Waals surface area contributed by atoms with Gasteiger partial charge in [-0.25, -0.2) is 0 Å². The molecule has 1 unspecified atom stereocenters. The zero-order chi connectivity index (χ0) is 11.5.